The summed E-state index contributed by atoms with van der Waals surface area (Å²) in [4.78, 5) is 10.2. The Kier molecular flexibility index (Phi) is 1.21. The van der Waals surface area contributed by atoms with E-state index in [1.807, 2.05) is 0 Å². The van der Waals surface area contributed by atoms with Gasteiger partial charge in [0.25, 0.3) is 0 Å². The summed E-state index contributed by atoms with van der Waals surface area (Å²) in [5, 5.41) is 0. The fourth-order valence-electron chi connectivity index (χ4n) is 0.764. The molecule has 2 atom stereocenters. The van der Waals surface area contributed by atoms with Crippen molar-refractivity contribution < 1.29 is 4.79 Å². The molecule has 46 valence electrons. The van der Waals surface area contributed by atoms with Crippen LogP contribution in [-0.4, -0.2) is 11.9 Å². The van der Waals surface area contributed by atoms with Gasteiger partial charge >= 0.3 is 0 Å². The monoisotopic (exact) mass is 114 g/mol. The van der Waals surface area contributed by atoms with E-state index in [9.17, 15) is 4.79 Å². The van der Waals surface area contributed by atoms with E-state index in [-0.39, 0.29) is 11.9 Å². The SMILES string of the molecule is NC(=O)CC1CC1N. The lowest BCUT2D eigenvalue weighted by molar-refractivity contribution is -0.118. The summed E-state index contributed by atoms with van der Waals surface area (Å²) in [6.45, 7) is 0. The van der Waals surface area contributed by atoms with Crippen molar-refractivity contribution in [3.63, 3.8) is 0 Å². The molecular weight excluding hydrogens is 104 g/mol. The van der Waals surface area contributed by atoms with Gasteiger partial charge in [0.15, 0.2) is 0 Å². The molecule has 0 radical (unpaired) electrons. The van der Waals surface area contributed by atoms with E-state index < -0.39 is 0 Å². The number of nitrogens with two attached hydrogens (primary N) is 2. The molecule has 0 aromatic heterocycles. The molecule has 1 rings (SSSR count). The van der Waals surface area contributed by atoms with Crippen LogP contribution >= 0.6 is 0 Å². The number of primary amides is 1. The normalized spacial score (nSPS) is 34.6. The standard InChI is InChI=1S/C5H10N2O/c6-4-1-3(4)2-5(7)8/h3-4H,1-2,6H2,(H2,7,8). The molecule has 0 heterocycles. The third-order valence-electron chi connectivity index (χ3n) is 1.44. The number of hydrogen-bond donors (Lipinski definition) is 2. The van der Waals surface area contributed by atoms with Crippen LogP contribution in [0.1, 0.15) is 12.8 Å². The second-order valence-corrected chi connectivity index (χ2v) is 2.33. The van der Waals surface area contributed by atoms with Gasteiger partial charge in [-0.3, -0.25) is 4.79 Å². The number of carbonyl (C=O) groups is 1. The van der Waals surface area contributed by atoms with E-state index in [4.69, 9.17) is 11.5 Å². The Morgan fingerprint density at radius 2 is 2.25 bits per heavy atom. The van der Waals surface area contributed by atoms with E-state index >= 15 is 0 Å². The maximum absolute atomic E-state index is 10.2. The van der Waals surface area contributed by atoms with Gasteiger partial charge in [-0.2, -0.15) is 0 Å². The first-order valence-corrected chi connectivity index (χ1v) is 2.74. The van der Waals surface area contributed by atoms with E-state index in [1.165, 1.54) is 0 Å². The maximum atomic E-state index is 10.2. The lowest BCUT2D eigenvalue weighted by atomic mass is 10.3. The number of carbonyl (C=O) groups excluding carboxylic acids is 1. The first kappa shape index (κ1) is 5.56. The van der Waals surface area contributed by atoms with Crippen molar-refractivity contribution in [2.75, 3.05) is 0 Å². The van der Waals surface area contributed by atoms with Gasteiger partial charge in [0.05, 0.1) is 0 Å². The zero-order valence-corrected chi connectivity index (χ0v) is 4.63. The van der Waals surface area contributed by atoms with Gasteiger partial charge in [-0.25, -0.2) is 0 Å². The topological polar surface area (TPSA) is 69.1 Å². The largest absolute Gasteiger partial charge is 0.370 e. The van der Waals surface area contributed by atoms with Gasteiger partial charge < -0.3 is 11.5 Å². The van der Waals surface area contributed by atoms with Crippen molar-refractivity contribution in [1.29, 1.82) is 0 Å². The van der Waals surface area contributed by atoms with Crippen molar-refractivity contribution in [1.82, 2.24) is 0 Å². The molecule has 1 aliphatic rings. The molecule has 3 heteroatoms. The van der Waals surface area contributed by atoms with Crippen molar-refractivity contribution in [3.05, 3.63) is 0 Å². The first-order valence-electron chi connectivity index (χ1n) is 2.74. The molecule has 0 aliphatic heterocycles. The summed E-state index contributed by atoms with van der Waals surface area (Å²) < 4.78 is 0. The average molecular weight is 114 g/mol. The minimum atomic E-state index is -0.233. The average Bonchev–Trinajstić information content (AvgIpc) is 2.17. The lowest BCUT2D eigenvalue weighted by Crippen LogP contribution is -2.13. The second-order valence-electron chi connectivity index (χ2n) is 2.33. The summed E-state index contributed by atoms with van der Waals surface area (Å²) in [5.41, 5.74) is 10.3. The van der Waals surface area contributed by atoms with Crippen molar-refractivity contribution >= 4 is 5.91 Å². The molecule has 1 aliphatic carbocycles. The van der Waals surface area contributed by atoms with Gasteiger partial charge in [-0.15, -0.1) is 0 Å². The quantitative estimate of drug-likeness (QED) is 0.494. The van der Waals surface area contributed by atoms with E-state index in [1.54, 1.807) is 0 Å². The molecule has 0 aromatic carbocycles. The highest BCUT2D eigenvalue weighted by atomic mass is 16.1. The van der Waals surface area contributed by atoms with E-state index in [2.05, 4.69) is 0 Å². The van der Waals surface area contributed by atoms with Gasteiger partial charge in [0.2, 0.25) is 5.91 Å². The lowest BCUT2D eigenvalue weighted by Gasteiger charge is -1.87. The summed E-state index contributed by atoms with van der Waals surface area (Å²) in [6, 6.07) is 0.252. The molecule has 0 spiro atoms. The van der Waals surface area contributed by atoms with Crippen LogP contribution in [0.15, 0.2) is 0 Å². The zero-order chi connectivity index (χ0) is 6.15. The molecule has 8 heavy (non-hydrogen) atoms. The van der Waals surface area contributed by atoms with Crippen molar-refractivity contribution in [2.45, 2.75) is 18.9 Å². The first-order chi connectivity index (χ1) is 3.70. The third kappa shape index (κ3) is 1.20. The molecule has 1 fully saturated rings. The number of rotatable bonds is 2. The van der Waals surface area contributed by atoms with Gasteiger partial charge in [-0.1, -0.05) is 0 Å². The van der Waals surface area contributed by atoms with E-state index in [0.717, 1.165) is 6.42 Å². The fourth-order valence-corrected chi connectivity index (χ4v) is 0.764. The van der Waals surface area contributed by atoms with Crippen LogP contribution in [-0.2, 0) is 4.79 Å². The van der Waals surface area contributed by atoms with Crippen LogP contribution < -0.4 is 11.5 Å². The maximum Gasteiger partial charge on any atom is 0.217 e. The van der Waals surface area contributed by atoms with Gasteiger partial charge in [0, 0.05) is 12.5 Å². The fraction of sp³-hybridized carbons (Fsp3) is 0.800. The van der Waals surface area contributed by atoms with E-state index in [0.29, 0.717) is 12.3 Å². The van der Waals surface area contributed by atoms with Crippen LogP contribution in [0.4, 0.5) is 0 Å². The minimum Gasteiger partial charge on any atom is -0.370 e. The van der Waals surface area contributed by atoms with Crippen LogP contribution in [0.25, 0.3) is 0 Å². The number of amides is 1. The minimum absolute atomic E-state index is 0.233. The van der Waals surface area contributed by atoms with Crippen molar-refractivity contribution in [2.24, 2.45) is 17.4 Å². The number of hydrogen-bond acceptors (Lipinski definition) is 2. The molecule has 1 saturated carbocycles. The highest BCUT2D eigenvalue weighted by Gasteiger charge is 2.34. The Bertz CT molecular complexity index is 113. The Morgan fingerprint density at radius 1 is 1.75 bits per heavy atom. The Labute approximate surface area is 48.0 Å². The summed E-state index contributed by atoms with van der Waals surface area (Å²) in [5.74, 6) is 0.162. The molecule has 0 saturated heterocycles. The molecule has 4 N–H and O–H groups in total. The predicted octanol–water partition coefficient (Wildman–Crippen LogP) is -0.791. The van der Waals surface area contributed by atoms with Gasteiger partial charge in [-0.05, 0) is 12.3 Å². The van der Waals surface area contributed by atoms with Crippen LogP contribution in [0, 0.1) is 5.92 Å². The molecule has 0 bridgehead atoms. The summed E-state index contributed by atoms with van der Waals surface area (Å²) >= 11 is 0. The Morgan fingerprint density at radius 3 is 2.38 bits per heavy atom. The molecular formula is C5H10N2O. The third-order valence-corrected chi connectivity index (χ3v) is 1.44. The predicted molar refractivity (Wildman–Crippen MR) is 29.9 cm³/mol. The summed E-state index contributed by atoms with van der Waals surface area (Å²) in [7, 11) is 0. The highest BCUT2D eigenvalue weighted by molar-refractivity contribution is 5.74. The molecule has 0 aromatic rings. The van der Waals surface area contributed by atoms with Crippen LogP contribution in [0.3, 0.4) is 0 Å². The van der Waals surface area contributed by atoms with Crippen LogP contribution in [0.5, 0.6) is 0 Å². The zero-order valence-electron chi connectivity index (χ0n) is 4.63. The highest BCUT2D eigenvalue weighted by Crippen LogP contribution is 2.30. The van der Waals surface area contributed by atoms with Gasteiger partial charge in [0.1, 0.15) is 0 Å². The summed E-state index contributed by atoms with van der Waals surface area (Å²) in [6.07, 6.45) is 1.45. The molecule has 2 unspecified atom stereocenters. The smallest absolute Gasteiger partial charge is 0.217 e. The second kappa shape index (κ2) is 1.74. The Hall–Kier alpha value is -0.570. The van der Waals surface area contributed by atoms with Crippen molar-refractivity contribution in [3.8, 4) is 0 Å². The van der Waals surface area contributed by atoms with Crippen LogP contribution in [0.2, 0.25) is 0 Å². The Balaban J connectivity index is 2.14. The molecule has 1 amide bonds. The molecule has 3 nitrogen and oxygen atoms in total.